The summed E-state index contributed by atoms with van der Waals surface area (Å²) in [5.41, 5.74) is 2.11. The maximum absolute atomic E-state index is 12.2. The summed E-state index contributed by atoms with van der Waals surface area (Å²) in [6, 6.07) is 22.1. The molecule has 6 heteroatoms. The van der Waals surface area contributed by atoms with E-state index in [0.717, 1.165) is 11.1 Å². The minimum Gasteiger partial charge on any atom is -0.478 e. The van der Waals surface area contributed by atoms with Crippen LogP contribution in [-0.4, -0.2) is 25.7 Å². The quantitative estimate of drug-likeness (QED) is 0.418. The van der Waals surface area contributed by atoms with Crippen molar-refractivity contribution in [3.8, 4) is 28.2 Å². The Bertz CT molecular complexity index is 1260. The Morgan fingerprint density at radius 1 is 0.968 bits per heavy atom. The molecule has 1 heterocycles. The number of benzene rings is 3. The SMILES string of the molecule is CC(C)(O)c1cn(-c2ccc(-c3ccccc3)cc2C(=O)O)c(-c2ccccc2Cl)n1. The Labute approximate surface area is 185 Å². The van der Waals surface area contributed by atoms with Gasteiger partial charge in [-0.05, 0) is 49.2 Å². The highest BCUT2D eigenvalue weighted by atomic mass is 35.5. The van der Waals surface area contributed by atoms with Crippen LogP contribution in [0.1, 0.15) is 29.9 Å². The lowest BCUT2D eigenvalue weighted by atomic mass is 10.0. The standard InChI is InChI=1S/C25H21ClN2O3/c1-25(2,31)22-15-28(23(27-22)18-10-6-7-11-20(18)26)21-13-12-17(14-19(21)24(29)30)16-8-4-3-5-9-16/h3-15,31H,1-2H3,(H,29,30). The van der Waals surface area contributed by atoms with Gasteiger partial charge in [0.1, 0.15) is 11.4 Å². The largest absolute Gasteiger partial charge is 0.478 e. The minimum absolute atomic E-state index is 0.120. The number of carbonyl (C=O) groups is 1. The van der Waals surface area contributed by atoms with Gasteiger partial charge in [0.25, 0.3) is 0 Å². The average Bonchev–Trinajstić information content (AvgIpc) is 3.20. The number of carboxylic acid groups (broad SMARTS) is 1. The van der Waals surface area contributed by atoms with Gasteiger partial charge in [-0.3, -0.25) is 4.57 Å². The van der Waals surface area contributed by atoms with Crippen molar-refractivity contribution in [2.24, 2.45) is 0 Å². The monoisotopic (exact) mass is 432 g/mol. The molecule has 0 unspecified atom stereocenters. The molecule has 0 spiro atoms. The van der Waals surface area contributed by atoms with Gasteiger partial charge in [0.2, 0.25) is 0 Å². The van der Waals surface area contributed by atoms with Gasteiger partial charge in [0, 0.05) is 11.8 Å². The zero-order chi connectivity index (χ0) is 22.2. The first kappa shape index (κ1) is 20.8. The van der Waals surface area contributed by atoms with Gasteiger partial charge in [-0.15, -0.1) is 0 Å². The first-order chi connectivity index (χ1) is 14.8. The van der Waals surface area contributed by atoms with Crippen LogP contribution in [0.5, 0.6) is 0 Å². The number of aromatic carboxylic acids is 1. The van der Waals surface area contributed by atoms with Crippen molar-refractivity contribution in [2.75, 3.05) is 0 Å². The average molecular weight is 433 g/mol. The van der Waals surface area contributed by atoms with Crippen molar-refractivity contribution in [1.82, 2.24) is 9.55 Å². The molecular formula is C25H21ClN2O3. The lowest BCUT2D eigenvalue weighted by molar-refractivity contribution is 0.0696. The molecule has 0 aliphatic carbocycles. The first-order valence-electron chi connectivity index (χ1n) is 9.76. The summed E-state index contributed by atoms with van der Waals surface area (Å²) >= 11 is 6.42. The van der Waals surface area contributed by atoms with E-state index < -0.39 is 11.6 Å². The van der Waals surface area contributed by atoms with Crippen LogP contribution < -0.4 is 0 Å². The summed E-state index contributed by atoms with van der Waals surface area (Å²) in [5, 5.41) is 21.0. The normalized spacial score (nSPS) is 11.5. The van der Waals surface area contributed by atoms with Gasteiger partial charge in [-0.2, -0.15) is 0 Å². The van der Waals surface area contributed by atoms with Crippen LogP contribution in [0.4, 0.5) is 0 Å². The predicted molar refractivity (Wildman–Crippen MR) is 122 cm³/mol. The van der Waals surface area contributed by atoms with Crippen LogP contribution in [-0.2, 0) is 5.60 Å². The fraction of sp³-hybridized carbons (Fsp3) is 0.120. The molecule has 1 aromatic heterocycles. The summed E-state index contributed by atoms with van der Waals surface area (Å²) in [5.74, 6) is -0.603. The second kappa shape index (κ2) is 8.02. The second-order valence-corrected chi connectivity index (χ2v) is 8.17. The molecule has 0 fully saturated rings. The molecule has 156 valence electrons. The zero-order valence-electron chi connectivity index (χ0n) is 17.1. The Balaban J connectivity index is 1.96. The molecule has 0 saturated carbocycles. The molecule has 0 aliphatic heterocycles. The Kier molecular flexibility index (Phi) is 5.39. The maximum atomic E-state index is 12.2. The summed E-state index contributed by atoms with van der Waals surface area (Å²) in [6.07, 6.45) is 1.66. The van der Waals surface area contributed by atoms with Gasteiger partial charge in [-0.1, -0.05) is 60.1 Å². The Morgan fingerprint density at radius 2 is 1.65 bits per heavy atom. The van der Waals surface area contributed by atoms with E-state index in [0.29, 0.717) is 27.8 Å². The molecular weight excluding hydrogens is 412 g/mol. The van der Waals surface area contributed by atoms with Crippen molar-refractivity contribution >= 4 is 17.6 Å². The molecule has 0 bridgehead atoms. The second-order valence-electron chi connectivity index (χ2n) is 7.76. The van der Waals surface area contributed by atoms with Crippen LogP contribution in [0.3, 0.4) is 0 Å². The lowest BCUT2D eigenvalue weighted by Crippen LogP contribution is -2.15. The van der Waals surface area contributed by atoms with Gasteiger partial charge < -0.3 is 10.2 Å². The molecule has 4 rings (SSSR count). The highest BCUT2D eigenvalue weighted by molar-refractivity contribution is 6.33. The van der Waals surface area contributed by atoms with Gasteiger partial charge in [0.05, 0.1) is 22.0 Å². The number of halogens is 1. The Hall–Kier alpha value is -3.41. The topological polar surface area (TPSA) is 75.4 Å². The fourth-order valence-electron chi connectivity index (χ4n) is 3.42. The van der Waals surface area contributed by atoms with E-state index in [9.17, 15) is 15.0 Å². The number of rotatable bonds is 5. The fourth-order valence-corrected chi connectivity index (χ4v) is 3.64. The predicted octanol–water partition coefficient (Wildman–Crippen LogP) is 5.79. The van der Waals surface area contributed by atoms with E-state index in [2.05, 4.69) is 4.98 Å². The van der Waals surface area contributed by atoms with Crippen molar-refractivity contribution in [2.45, 2.75) is 19.4 Å². The number of aromatic nitrogens is 2. The molecule has 4 aromatic rings. The molecule has 0 saturated heterocycles. The molecule has 0 atom stereocenters. The van der Waals surface area contributed by atoms with Crippen LogP contribution in [0.2, 0.25) is 5.02 Å². The van der Waals surface area contributed by atoms with Gasteiger partial charge in [-0.25, -0.2) is 9.78 Å². The molecule has 0 aliphatic rings. The number of hydrogen-bond donors (Lipinski definition) is 2. The number of imidazole rings is 1. The van der Waals surface area contributed by atoms with E-state index in [1.54, 1.807) is 42.8 Å². The summed E-state index contributed by atoms with van der Waals surface area (Å²) in [6.45, 7) is 3.26. The Morgan fingerprint density at radius 3 is 2.29 bits per heavy atom. The molecule has 0 radical (unpaired) electrons. The maximum Gasteiger partial charge on any atom is 0.337 e. The number of nitrogens with zero attached hydrogens (tertiary/aromatic N) is 2. The summed E-state index contributed by atoms with van der Waals surface area (Å²) in [4.78, 5) is 16.8. The third-order valence-corrected chi connectivity index (χ3v) is 5.37. The van der Waals surface area contributed by atoms with E-state index in [-0.39, 0.29) is 5.56 Å². The summed E-state index contributed by atoms with van der Waals surface area (Å²) in [7, 11) is 0. The smallest absolute Gasteiger partial charge is 0.337 e. The van der Waals surface area contributed by atoms with Crippen molar-refractivity contribution in [3.05, 3.63) is 95.3 Å². The van der Waals surface area contributed by atoms with E-state index in [4.69, 9.17) is 11.6 Å². The van der Waals surface area contributed by atoms with Crippen LogP contribution >= 0.6 is 11.6 Å². The van der Waals surface area contributed by atoms with Crippen LogP contribution in [0.25, 0.3) is 28.2 Å². The zero-order valence-corrected chi connectivity index (χ0v) is 17.8. The molecule has 31 heavy (non-hydrogen) atoms. The van der Waals surface area contributed by atoms with Crippen molar-refractivity contribution in [1.29, 1.82) is 0 Å². The molecule has 2 N–H and O–H groups in total. The van der Waals surface area contributed by atoms with Crippen molar-refractivity contribution < 1.29 is 15.0 Å². The van der Waals surface area contributed by atoms with Crippen molar-refractivity contribution in [3.63, 3.8) is 0 Å². The number of hydrogen-bond acceptors (Lipinski definition) is 3. The van der Waals surface area contributed by atoms with Gasteiger partial charge in [0.15, 0.2) is 0 Å². The minimum atomic E-state index is -1.21. The van der Waals surface area contributed by atoms with Crippen LogP contribution in [0, 0.1) is 0 Å². The first-order valence-corrected chi connectivity index (χ1v) is 10.1. The number of carboxylic acids is 1. The number of aliphatic hydroxyl groups is 1. The van der Waals surface area contributed by atoms with Gasteiger partial charge >= 0.3 is 5.97 Å². The van der Waals surface area contributed by atoms with E-state index in [1.165, 1.54) is 0 Å². The highest BCUT2D eigenvalue weighted by Gasteiger charge is 2.25. The van der Waals surface area contributed by atoms with E-state index in [1.807, 2.05) is 54.6 Å². The lowest BCUT2D eigenvalue weighted by Gasteiger charge is -2.14. The third kappa shape index (κ3) is 4.10. The highest BCUT2D eigenvalue weighted by Crippen LogP contribution is 2.34. The molecule has 3 aromatic carbocycles. The molecule has 5 nitrogen and oxygen atoms in total. The third-order valence-electron chi connectivity index (χ3n) is 5.04. The van der Waals surface area contributed by atoms with Crippen LogP contribution in [0.15, 0.2) is 79.0 Å². The summed E-state index contributed by atoms with van der Waals surface area (Å²) < 4.78 is 1.67. The van der Waals surface area contributed by atoms with E-state index >= 15 is 0 Å². The molecule has 0 amide bonds.